The van der Waals surface area contributed by atoms with Gasteiger partial charge >= 0.3 is 0 Å². The molecule has 1 N–H and O–H groups in total. The molecule has 3 rings (SSSR count). The Morgan fingerprint density at radius 1 is 1.30 bits per heavy atom. The van der Waals surface area contributed by atoms with Crippen molar-refractivity contribution in [2.24, 2.45) is 5.92 Å². The lowest BCUT2D eigenvalue weighted by atomic mass is 9.80. The van der Waals surface area contributed by atoms with Crippen LogP contribution in [0.1, 0.15) is 44.1 Å². The molecule has 0 aromatic heterocycles. The van der Waals surface area contributed by atoms with Gasteiger partial charge in [-0.05, 0) is 49.7 Å². The summed E-state index contributed by atoms with van der Waals surface area (Å²) < 4.78 is 7.16. The molecular weight excluding hydrogens is 316 g/mol. The Kier molecular flexibility index (Phi) is 4.49. The van der Waals surface area contributed by atoms with Gasteiger partial charge in [0.25, 0.3) is 0 Å². The van der Waals surface area contributed by atoms with Crippen molar-refractivity contribution in [2.75, 3.05) is 6.61 Å². The normalized spacial score (nSPS) is 26.8. The predicted molar refractivity (Wildman–Crippen MR) is 83.7 cm³/mol. The molecule has 2 aliphatic rings. The molecule has 1 aromatic rings. The number of hydrogen-bond acceptors (Lipinski definition) is 2. The van der Waals surface area contributed by atoms with E-state index in [4.69, 9.17) is 4.74 Å². The Balaban J connectivity index is 1.65. The molecule has 2 nitrogen and oxygen atoms in total. The molecular formula is C17H23BrO2. The van der Waals surface area contributed by atoms with Gasteiger partial charge in [-0.3, -0.25) is 0 Å². The molecule has 1 aliphatic heterocycles. The summed E-state index contributed by atoms with van der Waals surface area (Å²) in [4.78, 5) is 0. The molecule has 2 fully saturated rings. The fourth-order valence-electron chi connectivity index (χ4n) is 3.82. The smallest absolute Gasteiger partial charge is 0.0686 e. The van der Waals surface area contributed by atoms with E-state index in [0.29, 0.717) is 5.92 Å². The van der Waals surface area contributed by atoms with Crippen LogP contribution in [0.5, 0.6) is 0 Å². The largest absolute Gasteiger partial charge is 0.392 e. The molecule has 20 heavy (non-hydrogen) atoms. The first-order valence-electron chi connectivity index (χ1n) is 7.74. The van der Waals surface area contributed by atoms with Crippen molar-refractivity contribution in [1.82, 2.24) is 0 Å². The highest BCUT2D eigenvalue weighted by atomic mass is 79.9. The summed E-state index contributed by atoms with van der Waals surface area (Å²) in [6, 6.07) is 8.19. The highest BCUT2D eigenvalue weighted by molar-refractivity contribution is 9.10. The lowest BCUT2D eigenvalue weighted by Gasteiger charge is -2.40. The fourth-order valence-corrected chi connectivity index (χ4v) is 4.26. The van der Waals surface area contributed by atoms with Gasteiger partial charge in [0.05, 0.1) is 11.7 Å². The van der Waals surface area contributed by atoms with Crippen LogP contribution >= 0.6 is 15.9 Å². The monoisotopic (exact) mass is 338 g/mol. The number of rotatable bonds is 3. The first-order chi connectivity index (χ1) is 9.69. The van der Waals surface area contributed by atoms with Crippen molar-refractivity contribution < 1.29 is 9.84 Å². The van der Waals surface area contributed by atoms with E-state index in [0.717, 1.165) is 30.3 Å². The molecule has 1 aliphatic carbocycles. The van der Waals surface area contributed by atoms with Gasteiger partial charge < -0.3 is 9.84 Å². The molecule has 1 saturated carbocycles. The number of halogens is 1. The second-order valence-corrected chi connectivity index (χ2v) is 7.21. The summed E-state index contributed by atoms with van der Waals surface area (Å²) in [5, 5.41) is 10.6. The van der Waals surface area contributed by atoms with Gasteiger partial charge in [-0.15, -0.1) is 0 Å². The molecule has 1 aromatic carbocycles. The van der Waals surface area contributed by atoms with Crippen molar-refractivity contribution in [2.45, 2.75) is 56.7 Å². The maximum absolute atomic E-state index is 10.6. The minimum atomic E-state index is -0.255. The topological polar surface area (TPSA) is 29.5 Å². The summed E-state index contributed by atoms with van der Waals surface area (Å²) in [5.41, 5.74) is 1.30. The summed E-state index contributed by atoms with van der Waals surface area (Å²) in [7, 11) is 0. The minimum Gasteiger partial charge on any atom is -0.392 e. The summed E-state index contributed by atoms with van der Waals surface area (Å²) in [6.45, 7) is 0.817. The van der Waals surface area contributed by atoms with Crippen LogP contribution < -0.4 is 0 Å². The van der Waals surface area contributed by atoms with Gasteiger partial charge in [-0.25, -0.2) is 0 Å². The zero-order valence-corrected chi connectivity index (χ0v) is 13.4. The van der Waals surface area contributed by atoms with Gasteiger partial charge in [0.15, 0.2) is 0 Å². The average Bonchev–Trinajstić information content (AvgIpc) is 2.89. The molecule has 110 valence electrons. The highest BCUT2D eigenvalue weighted by Crippen LogP contribution is 2.43. The average molecular weight is 339 g/mol. The second-order valence-electron chi connectivity index (χ2n) is 6.35. The van der Waals surface area contributed by atoms with Crippen molar-refractivity contribution in [1.29, 1.82) is 0 Å². The minimum absolute atomic E-state index is 0.0951. The van der Waals surface area contributed by atoms with E-state index in [2.05, 4.69) is 22.0 Å². The number of hydrogen-bond donors (Lipinski definition) is 1. The first kappa shape index (κ1) is 14.6. The Bertz CT molecular complexity index is 454. The number of ether oxygens (including phenoxy) is 1. The van der Waals surface area contributed by atoms with Gasteiger partial charge in [0, 0.05) is 11.1 Å². The number of benzene rings is 1. The van der Waals surface area contributed by atoms with Crippen molar-refractivity contribution in [3.05, 3.63) is 34.3 Å². The third kappa shape index (κ3) is 3.10. The van der Waals surface area contributed by atoms with Crippen LogP contribution in [0.3, 0.4) is 0 Å². The van der Waals surface area contributed by atoms with E-state index >= 15 is 0 Å². The lowest BCUT2D eigenvalue weighted by Crippen LogP contribution is -2.41. The van der Waals surface area contributed by atoms with Crippen LogP contribution in [0.25, 0.3) is 0 Å². The van der Waals surface area contributed by atoms with Crippen LogP contribution in [-0.4, -0.2) is 23.4 Å². The number of aliphatic hydroxyl groups excluding tert-OH is 1. The van der Waals surface area contributed by atoms with Crippen LogP contribution in [0, 0.1) is 5.92 Å². The molecule has 2 atom stereocenters. The molecule has 0 bridgehead atoms. The maximum atomic E-state index is 10.6. The van der Waals surface area contributed by atoms with Crippen LogP contribution in [-0.2, 0) is 11.2 Å². The van der Waals surface area contributed by atoms with Gasteiger partial charge in [-0.2, -0.15) is 0 Å². The van der Waals surface area contributed by atoms with E-state index < -0.39 is 0 Å². The van der Waals surface area contributed by atoms with E-state index in [9.17, 15) is 5.11 Å². The molecule has 1 saturated heterocycles. The number of aliphatic hydroxyl groups is 1. The first-order valence-corrected chi connectivity index (χ1v) is 8.53. The fraction of sp³-hybridized carbons (Fsp3) is 0.647. The zero-order chi connectivity index (χ0) is 14.0. The summed E-state index contributed by atoms with van der Waals surface area (Å²) in [6.07, 6.45) is 7.46. The Morgan fingerprint density at radius 2 is 2.05 bits per heavy atom. The molecule has 1 heterocycles. The Hall–Kier alpha value is -0.380. The summed E-state index contributed by atoms with van der Waals surface area (Å²) in [5.74, 6) is 0.383. The van der Waals surface area contributed by atoms with Gasteiger partial charge in [-0.1, -0.05) is 47.0 Å². The third-order valence-corrected chi connectivity index (χ3v) is 5.75. The van der Waals surface area contributed by atoms with E-state index in [1.54, 1.807) is 0 Å². The highest BCUT2D eigenvalue weighted by Gasteiger charge is 2.41. The third-order valence-electron chi connectivity index (χ3n) is 4.98. The lowest BCUT2D eigenvalue weighted by molar-refractivity contribution is -0.112. The van der Waals surface area contributed by atoms with E-state index in [1.165, 1.54) is 31.2 Å². The molecule has 0 radical (unpaired) electrons. The Morgan fingerprint density at radius 3 is 2.80 bits per heavy atom. The van der Waals surface area contributed by atoms with Gasteiger partial charge in [0.2, 0.25) is 0 Å². The van der Waals surface area contributed by atoms with E-state index in [-0.39, 0.29) is 11.7 Å². The maximum Gasteiger partial charge on any atom is 0.0686 e. The molecule has 0 amide bonds. The Labute approximate surface area is 129 Å². The van der Waals surface area contributed by atoms with Crippen LogP contribution in [0.2, 0.25) is 0 Å². The van der Waals surface area contributed by atoms with Crippen molar-refractivity contribution in [3.8, 4) is 0 Å². The molecule has 3 heteroatoms. The van der Waals surface area contributed by atoms with Crippen molar-refractivity contribution >= 4 is 15.9 Å². The van der Waals surface area contributed by atoms with Crippen LogP contribution in [0.15, 0.2) is 28.7 Å². The molecule has 2 unspecified atom stereocenters. The van der Waals surface area contributed by atoms with Crippen molar-refractivity contribution in [3.63, 3.8) is 0 Å². The second kappa shape index (κ2) is 6.17. The van der Waals surface area contributed by atoms with E-state index in [1.807, 2.05) is 18.2 Å². The molecule has 1 spiro atoms. The van der Waals surface area contributed by atoms with Gasteiger partial charge in [0.1, 0.15) is 0 Å². The standard InChI is InChI=1S/C17H23BrO2/c18-15-6-2-1-5-13(15)11-16(19)14-7-10-20-17(12-14)8-3-4-9-17/h1-2,5-6,14,16,19H,3-4,7-12H2. The van der Waals surface area contributed by atoms with Crippen LogP contribution in [0.4, 0.5) is 0 Å². The quantitative estimate of drug-likeness (QED) is 0.899. The predicted octanol–water partition coefficient (Wildman–Crippen LogP) is 4.09. The zero-order valence-electron chi connectivity index (χ0n) is 11.9. The SMILES string of the molecule is OC(Cc1ccccc1Br)C1CCOC2(CCCC2)C1. The summed E-state index contributed by atoms with van der Waals surface area (Å²) >= 11 is 3.57.